The third-order valence-electron chi connectivity index (χ3n) is 3.69. The van der Waals surface area contributed by atoms with Crippen LogP contribution in [0.4, 0.5) is 5.69 Å². The first-order chi connectivity index (χ1) is 12.7. The van der Waals surface area contributed by atoms with Crippen LogP contribution in [-0.2, 0) is 0 Å². The second-order valence-corrected chi connectivity index (χ2v) is 6.17. The molecule has 1 aromatic heterocycles. The molecule has 0 aliphatic carbocycles. The van der Waals surface area contributed by atoms with E-state index in [1.807, 2.05) is 53.9 Å². The Balaban J connectivity index is 1.80. The molecular weight excluding hydrogens is 346 g/mol. The van der Waals surface area contributed by atoms with E-state index >= 15 is 0 Å². The second kappa shape index (κ2) is 8.19. The van der Waals surface area contributed by atoms with Crippen LogP contribution in [0.5, 0.6) is 11.5 Å². The fraction of sp³-hybridized carbons (Fsp3) is 0.100. The zero-order chi connectivity index (χ0) is 18.4. The van der Waals surface area contributed by atoms with Crippen LogP contribution in [0.2, 0.25) is 0 Å². The van der Waals surface area contributed by atoms with Crippen LogP contribution in [0.15, 0.2) is 60.1 Å². The molecule has 0 atom stereocenters. The maximum Gasteiger partial charge on any atom is 0.136 e. The Bertz CT molecular complexity index is 956. The Kier molecular flexibility index (Phi) is 5.52. The summed E-state index contributed by atoms with van der Waals surface area (Å²) in [4.78, 5) is 4.58. The lowest BCUT2D eigenvalue weighted by Crippen LogP contribution is -1.91. The maximum absolute atomic E-state index is 9.47. The quantitative estimate of drug-likeness (QED) is 0.637. The number of nitrogens with one attached hydrogen (secondary N) is 1. The van der Waals surface area contributed by atoms with Crippen LogP contribution in [0.1, 0.15) is 5.01 Å². The predicted octanol–water partition coefficient (Wildman–Crippen LogP) is 4.80. The standard InChI is InChI=1S/C20H17N3O2S/c1-24-17-8-6-16(7-9-17)22-12-15(11-21)20-23-19(13-26-20)14-4-3-5-18(10-14)25-2/h3-10,12-13,22H,1-2H3. The van der Waals surface area contributed by atoms with Crippen LogP contribution in [0, 0.1) is 11.3 Å². The van der Waals surface area contributed by atoms with E-state index in [1.54, 1.807) is 20.4 Å². The Morgan fingerprint density at radius 1 is 1.12 bits per heavy atom. The average molecular weight is 363 g/mol. The number of ether oxygens (including phenoxy) is 2. The molecule has 3 aromatic rings. The number of methoxy groups -OCH3 is 2. The average Bonchev–Trinajstić information content (AvgIpc) is 3.19. The SMILES string of the molecule is COc1ccc(NC=C(C#N)c2nc(-c3cccc(OC)c3)cs2)cc1. The smallest absolute Gasteiger partial charge is 0.136 e. The number of benzene rings is 2. The monoisotopic (exact) mass is 363 g/mol. The number of thiazole rings is 1. The molecule has 0 unspecified atom stereocenters. The molecule has 6 heteroatoms. The van der Waals surface area contributed by atoms with Crippen molar-refractivity contribution in [2.45, 2.75) is 0 Å². The lowest BCUT2D eigenvalue weighted by molar-refractivity contribution is 0.415. The highest BCUT2D eigenvalue weighted by molar-refractivity contribution is 7.11. The molecular formula is C20H17N3O2S. The number of nitrogens with zero attached hydrogens (tertiary/aromatic N) is 2. The Morgan fingerprint density at radius 3 is 2.58 bits per heavy atom. The minimum Gasteiger partial charge on any atom is -0.497 e. The summed E-state index contributed by atoms with van der Waals surface area (Å²) in [5.41, 5.74) is 3.10. The number of anilines is 1. The van der Waals surface area contributed by atoms with E-state index in [1.165, 1.54) is 11.3 Å². The van der Waals surface area contributed by atoms with Crippen molar-refractivity contribution in [3.8, 4) is 28.8 Å². The van der Waals surface area contributed by atoms with Gasteiger partial charge in [0.25, 0.3) is 0 Å². The molecule has 0 spiro atoms. The summed E-state index contributed by atoms with van der Waals surface area (Å²) in [5, 5.41) is 15.2. The number of nitriles is 1. The number of hydrogen-bond donors (Lipinski definition) is 1. The van der Waals surface area contributed by atoms with Gasteiger partial charge in [-0.3, -0.25) is 0 Å². The fourth-order valence-electron chi connectivity index (χ4n) is 2.30. The van der Waals surface area contributed by atoms with Gasteiger partial charge >= 0.3 is 0 Å². The molecule has 0 saturated carbocycles. The van der Waals surface area contributed by atoms with Crippen molar-refractivity contribution >= 4 is 22.6 Å². The largest absolute Gasteiger partial charge is 0.497 e. The molecule has 1 heterocycles. The second-order valence-electron chi connectivity index (χ2n) is 5.31. The van der Waals surface area contributed by atoms with E-state index in [0.29, 0.717) is 10.6 Å². The molecule has 0 aliphatic rings. The van der Waals surface area contributed by atoms with Crippen LogP contribution in [0.25, 0.3) is 16.8 Å². The summed E-state index contributed by atoms with van der Waals surface area (Å²) < 4.78 is 10.4. The molecule has 1 N–H and O–H groups in total. The van der Waals surface area contributed by atoms with Crippen LogP contribution >= 0.6 is 11.3 Å². The topological polar surface area (TPSA) is 67.2 Å². The molecule has 26 heavy (non-hydrogen) atoms. The highest BCUT2D eigenvalue weighted by Gasteiger charge is 2.09. The van der Waals surface area contributed by atoms with Crippen molar-refractivity contribution in [2.24, 2.45) is 0 Å². The number of allylic oxidation sites excluding steroid dienone is 1. The van der Waals surface area contributed by atoms with Gasteiger partial charge in [0.2, 0.25) is 0 Å². The molecule has 0 fully saturated rings. The third-order valence-corrected chi connectivity index (χ3v) is 4.57. The third kappa shape index (κ3) is 4.02. The van der Waals surface area contributed by atoms with Gasteiger partial charge < -0.3 is 14.8 Å². The van der Waals surface area contributed by atoms with E-state index in [4.69, 9.17) is 9.47 Å². The van der Waals surface area contributed by atoms with Gasteiger partial charge in [-0.2, -0.15) is 5.26 Å². The molecule has 2 aromatic carbocycles. The molecule has 0 radical (unpaired) electrons. The molecule has 3 rings (SSSR count). The van der Waals surface area contributed by atoms with Gasteiger partial charge in [0.1, 0.15) is 28.1 Å². The van der Waals surface area contributed by atoms with Crippen molar-refractivity contribution in [3.05, 3.63) is 65.1 Å². The summed E-state index contributed by atoms with van der Waals surface area (Å²) in [5.74, 6) is 1.55. The van der Waals surface area contributed by atoms with E-state index in [0.717, 1.165) is 28.4 Å². The lowest BCUT2D eigenvalue weighted by Gasteiger charge is -2.03. The first-order valence-corrected chi connectivity index (χ1v) is 8.72. The number of hydrogen-bond acceptors (Lipinski definition) is 6. The van der Waals surface area contributed by atoms with Crippen LogP contribution in [-0.4, -0.2) is 19.2 Å². The first kappa shape index (κ1) is 17.5. The highest BCUT2D eigenvalue weighted by Crippen LogP contribution is 2.28. The minimum atomic E-state index is 0.472. The summed E-state index contributed by atoms with van der Waals surface area (Å²) >= 11 is 1.43. The predicted molar refractivity (Wildman–Crippen MR) is 104 cm³/mol. The van der Waals surface area contributed by atoms with Crippen molar-refractivity contribution in [1.82, 2.24) is 4.98 Å². The van der Waals surface area contributed by atoms with Gasteiger partial charge in [-0.05, 0) is 36.4 Å². The molecule has 130 valence electrons. The zero-order valence-electron chi connectivity index (χ0n) is 14.4. The molecule has 0 amide bonds. The fourth-order valence-corrected chi connectivity index (χ4v) is 3.09. The summed E-state index contributed by atoms with van der Waals surface area (Å²) in [6.45, 7) is 0. The van der Waals surface area contributed by atoms with E-state index in [-0.39, 0.29) is 0 Å². The van der Waals surface area contributed by atoms with E-state index < -0.39 is 0 Å². The van der Waals surface area contributed by atoms with Gasteiger partial charge in [-0.1, -0.05) is 12.1 Å². The molecule has 0 bridgehead atoms. The maximum atomic E-state index is 9.47. The number of aromatic nitrogens is 1. The normalized spacial score (nSPS) is 10.9. The van der Waals surface area contributed by atoms with Gasteiger partial charge in [0, 0.05) is 22.8 Å². The van der Waals surface area contributed by atoms with E-state index in [9.17, 15) is 5.26 Å². The Morgan fingerprint density at radius 2 is 1.88 bits per heavy atom. The Hall–Kier alpha value is -3.30. The van der Waals surface area contributed by atoms with Gasteiger partial charge in [0.15, 0.2) is 0 Å². The van der Waals surface area contributed by atoms with Crippen molar-refractivity contribution in [3.63, 3.8) is 0 Å². The van der Waals surface area contributed by atoms with Crippen molar-refractivity contribution in [1.29, 1.82) is 5.26 Å². The Labute approximate surface area is 156 Å². The summed E-state index contributed by atoms with van der Waals surface area (Å²) in [6, 6.07) is 17.4. The number of rotatable bonds is 6. The molecule has 5 nitrogen and oxygen atoms in total. The minimum absolute atomic E-state index is 0.472. The van der Waals surface area contributed by atoms with Crippen molar-refractivity contribution < 1.29 is 9.47 Å². The molecule has 0 saturated heterocycles. The molecule has 0 aliphatic heterocycles. The van der Waals surface area contributed by atoms with Crippen LogP contribution < -0.4 is 14.8 Å². The van der Waals surface area contributed by atoms with Gasteiger partial charge in [0.05, 0.1) is 19.9 Å². The summed E-state index contributed by atoms with van der Waals surface area (Å²) in [7, 11) is 3.26. The van der Waals surface area contributed by atoms with Crippen molar-refractivity contribution in [2.75, 3.05) is 19.5 Å². The van der Waals surface area contributed by atoms with Gasteiger partial charge in [-0.25, -0.2) is 4.98 Å². The highest BCUT2D eigenvalue weighted by atomic mass is 32.1. The lowest BCUT2D eigenvalue weighted by atomic mass is 10.1. The zero-order valence-corrected chi connectivity index (χ0v) is 15.2. The summed E-state index contributed by atoms with van der Waals surface area (Å²) in [6.07, 6.45) is 1.66. The first-order valence-electron chi connectivity index (χ1n) is 7.84. The van der Waals surface area contributed by atoms with Crippen LogP contribution in [0.3, 0.4) is 0 Å². The van der Waals surface area contributed by atoms with E-state index in [2.05, 4.69) is 16.4 Å². The van der Waals surface area contributed by atoms with Gasteiger partial charge in [-0.15, -0.1) is 11.3 Å².